The zero-order valence-electron chi connectivity index (χ0n) is 18.3. The summed E-state index contributed by atoms with van der Waals surface area (Å²) in [5.41, 5.74) is 11.2. The predicted octanol–water partition coefficient (Wildman–Crippen LogP) is 0.449. The number of ether oxygens (including phenoxy) is 2. The molecule has 1 aliphatic heterocycles. The second kappa shape index (κ2) is 9.67. The molecule has 1 fully saturated rings. The fourth-order valence-electron chi connectivity index (χ4n) is 3.53. The van der Waals surface area contributed by atoms with Crippen molar-refractivity contribution in [1.82, 2.24) is 19.5 Å². The van der Waals surface area contributed by atoms with Crippen molar-refractivity contribution < 1.29 is 24.8 Å². The van der Waals surface area contributed by atoms with Crippen LogP contribution in [0.25, 0.3) is 11.2 Å². The van der Waals surface area contributed by atoms with E-state index in [2.05, 4.69) is 32.4 Å². The van der Waals surface area contributed by atoms with Crippen molar-refractivity contribution in [1.29, 1.82) is 0 Å². The lowest BCUT2D eigenvalue weighted by atomic mass is 10.1. The van der Waals surface area contributed by atoms with Crippen molar-refractivity contribution in [3.05, 3.63) is 36.2 Å². The molecule has 0 radical (unpaired) electrons. The first-order valence-corrected chi connectivity index (χ1v) is 10.5. The zero-order chi connectivity index (χ0) is 23.5. The molecule has 3 heterocycles. The van der Waals surface area contributed by atoms with Gasteiger partial charge < -0.3 is 30.5 Å². The van der Waals surface area contributed by atoms with Crippen LogP contribution in [0.3, 0.4) is 0 Å². The van der Waals surface area contributed by atoms with Crippen LogP contribution in [0.1, 0.15) is 25.6 Å². The van der Waals surface area contributed by atoms with E-state index < -0.39 is 31.1 Å². The van der Waals surface area contributed by atoms with Gasteiger partial charge in [-0.15, -0.1) is 0 Å². The molecular formula is C21H27N7O5. The van der Waals surface area contributed by atoms with Gasteiger partial charge in [-0.1, -0.05) is 19.1 Å². The lowest BCUT2D eigenvalue weighted by Gasteiger charge is -2.19. The fourth-order valence-corrected chi connectivity index (χ4v) is 3.53. The summed E-state index contributed by atoms with van der Waals surface area (Å²) >= 11 is 0. The summed E-state index contributed by atoms with van der Waals surface area (Å²) < 4.78 is 12.8. The minimum atomic E-state index is -1.34. The number of benzene rings is 1. The van der Waals surface area contributed by atoms with Crippen LogP contribution < -0.4 is 15.9 Å². The average molecular weight is 457 g/mol. The molecule has 1 aliphatic rings. The van der Waals surface area contributed by atoms with E-state index in [9.17, 15) is 15.3 Å². The molecule has 1 saturated heterocycles. The van der Waals surface area contributed by atoms with Crippen LogP contribution in [0.15, 0.2) is 35.7 Å². The van der Waals surface area contributed by atoms with Gasteiger partial charge in [0.05, 0.1) is 12.3 Å². The lowest BCUT2D eigenvalue weighted by molar-refractivity contribution is -0.0501. The maximum Gasteiger partial charge on any atom is 0.228 e. The van der Waals surface area contributed by atoms with E-state index >= 15 is 0 Å². The number of fused-ring (bicyclic) bond motifs is 1. The number of aromatic nitrogens is 4. The molecule has 12 nitrogen and oxygen atoms in total. The van der Waals surface area contributed by atoms with Crippen molar-refractivity contribution >= 4 is 28.6 Å². The Balaban J connectivity index is 1.56. The number of anilines is 2. The van der Waals surface area contributed by atoms with E-state index in [1.165, 1.54) is 16.5 Å². The van der Waals surface area contributed by atoms with Crippen molar-refractivity contribution in [2.24, 2.45) is 5.10 Å². The maximum absolute atomic E-state index is 10.5. The van der Waals surface area contributed by atoms with Gasteiger partial charge >= 0.3 is 0 Å². The van der Waals surface area contributed by atoms with Crippen LogP contribution in [0.5, 0.6) is 5.75 Å². The highest BCUT2D eigenvalue weighted by atomic mass is 16.6. The average Bonchev–Trinajstić information content (AvgIpc) is 3.34. The Kier molecular flexibility index (Phi) is 6.70. The second-order valence-electron chi connectivity index (χ2n) is 7.71. The number of aliphatic hydroxyl groups is 3. The SMILES string of the molecule is CCc1ccc(OC/C(C)=N/Nc2nc3c(N)ncnc3n2C2OC(CO)C(O)C2O)cc1. The van der Waals surface area contributed by atoms with Crippen LogP contribution in [0, 0.1) is 0 Å². The van der Waals surface area contributed by atoms with Crippen LogP contribution in [0.2, 0.25) is 0 Å². The number of hydrogen-bond donors (Lipinski definition) is 5. The van der Waals surface area contributed by atoms with Crippen molar-refractivity contribution in [2.75, 3.05) is 24.4 Å². The monoisotopic (exact) mass is 457 g/mol. The summed E-state index contributed by atoms with van der Waals surface area (Å²) in [6.45, 7) is 3.63. The Morgan fingerprint density at radius 3 is 2.67 bits per heavy atom. The number of nitrogens with two attached hydrogens (primary N) is 1. The molecule has 4 rings (SSSR count). The molecule has 0 bridgehead atoms. The van der Waals surface area contributed by atoms with Gasteiger partial charge in [-0.2, -0.15) is 5.10 Å². The fraction of sp³-hybridized carbons (Fsp3) is 0.429. The number of nitrogen functional groups attached to an aromatic ring is 1. The largest absolute Gasteiger partial charge is 0.488 e. The third-order valence-corrected chi connectivity index (χ3v) is 5.40. The molecular weight excluding hydrogens is 430 g/mol. The molecule has 4 atom stereocenters. The second-order valence-corrected chi connectivity index (χ2v) is 7.71. The quantitative estimate of drug-likeness (QED) is 0.236. The molecule has 4 unspecified atom stereocenters. The van der Waals surface area contributed by atoms with E-state index in [1.807, 2.05) is 24.3 Å². The number of nitrogens with one attached hydrogen (secondary N) is 1. The molecule has 0 amide bonds. The summed E-state index contributed by atoms with van der Waals surface area (Å²) in [6.07, 6.45) is -2.46. The molecule has 6 N–H and O–H groups in total. The lowest BCUT2D eigenvalue weighted by Crippen LogP contribution is -2.33. The standard InChI is InChI=1S/C21H27N7O5/c1-3-12-4-6-13(7-5-12)32-9-11(2)26-27-21-25-15-18(22)23-10-24-19(15)28(21)20-17(31)16(30)14(8-29)33-20/h4-7,10,14,16-17,20,29-31H,3,8-9H2,1-2H3,(H,25,27)(H2,22,23,24)/b26-11+. The van der Waals surface area contributed by atoms with E-state index in [-0.39, 0.29) is 29.5 Å². The van der Waals surface area contributed by atoms with Gasteiger partial charge in [-0.05, 0) is 31.0 Å². The number of aliphatic hydroxyl groups excluding tert-OH is 3. The third-order valence-electron chi connectivity index (χ3n) is 5.40. The van der Waals surface area contributed by atoms with Gasteiger partial charge in [-0.3, -0.25) is 4.57 Å². The van der Waals surface area contributed by atoms with Gasteiger partial charge in [0.2, 0.25) is 5.95 Å². The van der Waals surface area contributed by atoms with E-state index in [0.717, 1.165) is 12.2 Å². The first-order valence-electron chi connectivity index (χ1n) is 10.5. The number of imidazole rings is 1. The molecule has 176 valence electrons. The normalized spacial score (nSPS) is 23.2. The molecule has 0 aliphatic carbocycles. The van der Waals surface area contributed by atoms with Crippen LogP contribution in [-0.4, -0.2) is 72.1 Å². The van der Waals surface area contributed by atoms with Crippen molar-refractivity contribution in [3.63, 3.8) is 0 Å². The summed E-state index contributed by atoms with van der Waals surface area (Å²) in [6, 6.07) is 7.83. The first kappa shape index (κ1) is 22.9. The number of hydrogen-bond acceptors (Lipinski definition) is 11. The molecule has 0 spiro atoms. The van der Waals surface area contributed by atoms with Crippen molar-refractivity contribution in [3.8, 4) is 5.75 Å². The number of rotatable bonds is 8. The third kappa shape index (κ3) is 4.59. The topological polar surface area (TPSA) is 173 Å². The molecule has 0 saturated carbocycles. The molecule has 12 heteroatoms. The molecule has 1 aromatic carbocycles. The minimum Gasteiger partial charge on any atom is -0.488 e. The van der Waals surface area contributed by atoms with E-state index in [4.69, 9.17) is 15.2 Å². The van der Waals surface area contributed by atoms with Crippen molar-refractivity contribution in [2.45, 2.75) is 44.8 Å². The molecule has 33 heavy (non-hydrogen) atoms. The summed E-state index contributed by atoms with van der Waals surface area (Å²) in [5.74, 6) is 1.02. The summed E-state index contributed by atoms with van der Waals surface area (Å²) in [7, 11) is 0. The predicted molar refractivity (Wildman–Crippen MR) is 121 cm³/mol. The Bertz CT molecular complexity index is 1130. The number of nitrogens with zero attached hydrogens (tertiary/aromatic N) is 5. The van der Waals surface area contributed by atoms with Crippen LogP contribution >= 0.6 is 0 Å². The van der Waals surface area contributed by atoms with Gasteiger partial charge in [0.15, 0.2) is 23.2 Å². The van der Waals surface area contributed by atoms with Gasteiger partial charge in [0.1, 0.15) is 37.0 Å². The number of hydrazone groups is 1. The Morgan fingerprint density at radius 2 is 2.00 bits per heavy atom. The highest BCUT2D eigenvalue weighted by molar-refractivity contribution is 5.86. The highest BCUT2D eigenvalue weighted by Gasteiger charge is 2.45. The molecule has 2 aromatic heterocycles. The maximum atomic E-state index is 10.5. The summed E-state index contributed by atoms with van der Waals surface area (Å²) in [4.78, 5) is 12.5. The van der Waals surface area contributed by atoms with E-state index in [1.54, 1.807) is 6.92 Å². The Hall–Kier alpha value is -3.32. The first-order chi connectivity index (χ1) is 15.9. The van der Waals surface area contributed by atoms with Gasteiger partial charge in [0.25, 0.3) is 0 Å². The van der Waals surface area contributed by atoms with Crippen LogP contribution in [-0.2, 0) is 11.2 Å². The Labute approximate surface area is 189 Å². The van der Waals surface area contributed by atoms with Gasteiger partial charge in [-0.25, -0.2) is 20.4 Å². The smallest absolute Gasteiger partial charge is 0.228 e. The van der Waals surface area contributed by atoms with E-state index in [0.29, 0.717) is 5.71 Å². The number of aryl methyl sites for hydroxylation is 1. The summed E-state index contributed by atoms with van der Waals surface area (Å²) in [5, 5.41) is 34.4. The Morgan fingerprint density at radius 1 is 1.24 bits per heavy atom. The molecule has 3 aromatic rings. The zero-order valence-corrected chi connectivity index (χ0v) is 18.3. The van der Waals surface area contributed by atoms with Crippen LogP contribution in [0.4, 0.5) is 11.8 Å². The highest BCUT2D eigenvalue weighted by Crippen LogP contribution is 2.35. The van der Waals surface area contributed by atoms with Gasteiger partial charge in [0, 0.05) is 0 Å². The minimum absolute atomic E-state index is 0.133.